The highest BCUT2D eigenvalue weighted by atomic mass is 19.3. The Morgan fingerprint density at radius 3 is 2.44 bits per heavy atom. The average molecular weight is 371 g/mol. The summed E-state index contributed by atoms with van der Waals surface area (Å²) in [6.45, 7) is 1.73. The van der Waals surface area contributed by atoms with Crippen molar-refractivity contribution < 1.29 is 23.1 Å². The summed E-state index contributed by atoms with van der Waals surface area (Å²) in [5, 5.41) is 0. The average Bonchev–Trinajstić information content (AvgIpc) is 2.76. The Labute approximate surface area is 156 Å². The summed E-state index contributed by atoms with van der Waals surface area (Å²) >= 11 is 0. The highest BCUT2D eigenvalue weighted by molar-refractivity contribution is 6.08. The fourth-order valence-electron chi connectivity index (χ4n) is 3.06. The second-order valence-electron chi connectivity index (χ2n) is 6.38. The molecule has 0 aromatic heterocycles. The maximum absolute atomic E-state index is 14.8. The number of carbonyl (C=O) groups is 2. The number of halogens is 2. The number of carbonyl (C=O) groups excluding carboxylic acids is 2. The maximum atomic E-state index is 14.8. The highest BCUT2D eigenvalue weighted by Crippen LogP contribution is 2.43. The second kappa shape index (κ2) is 7.31. The lowest BCUT2D eigenvalue weighted by molar-refractivity contribution is -0.134. The van der Waals surface area contributed by atoms with E-state index in [4.69, 9.17) is 0 Å². The molecule has 0 bridgehead atoms. The number of alkyl halides is 2. The predicted octanol–water partition coefficient (Wildman–Crippen LogP) is 4.24. The molecular formula is C21H19F2NO3. The van der Waals surface area contributed by atoms with Crippen molar-refractivity contribution in [3.63, 3.8) is 0 Å². The smallest absolute Gasteiger partial charge is 0.330 e. The summed E-state index contributed by atoms with van der Waals surface area (Å²) in [6, 6.07) is 13.3. The molecule has 2 aromatic carbocycles. The van der Waals surface area contributed by atoms with Crippen LogP contribution in [0, 0.1) is 6.92 Å². The quantitative estimate of drug-likeness (QED) is 0.586. The van der Waals surface area contributed by atoms with Crippen molar-refractivity contribution in [2.75, 3.05) is 18.6 Å². The third-order valence-corrected chi connectivity index (χ3v) is 4.54. The third-order valence-electron chi connectivity index (χ3n) is 4.54. The Kier molecular flexibility index (Phi) is 5.08. The molecular weight excluding hydrogens is 352 g/mol. The van der Waals surface area contributed by atoms with Crippen LogP contribution in [0.1, 0.15) is 27.9 Å². The first kappa shape index (κ1) is 18.8. The van der Waals surface area contributed by atoms with Crippen LogP contribution in [0.15, 0.2) is 54.6 Å². The van der Waals surface area contributed by atoms with Gasteiger partial charge in [0, 0.05) is 35.7 Å². The number of ether oxygens (including phenoxy) is 1. The number of hydrogen-bond acceptors (Lipinski definition) is 3. The fraction of sp³-hybridized carbons (Fsp3) is 0.238. The van der Waals surface area contributed by atoms with Gasteiger partial charge in [0.15, 0.2) is 0 Å². The summed E-state index contributed by atoms with van der Waals surface area (Å²) in [5.41, 5.74) is 1.46. The molecule has 4 nitrogen and oxygen atoms in total. The van der Waals surface area contributed by atoms with E-state index in [2.05, 4.69) is 4.74 Å². The van der Waals surface area contributed by atoms with Crippen molar-refractivity contribution in [2.24, 2.45) is 0 Å². The van der Waals surface area contributed by atoms with Gasteiger partial charge in [0.05, 0.1) is 12.8 Å². The SMILES string of the molecule is COC(=O)/C=C1/c2ccccc2N(C(=O)c2ccc(C)cc2)CCC1(F)F. The van der Waals surface area contributed by atoms with Gasteiger partial charge in [-0.1, -0.05) is 35.9 Å². The molecule has 0 spiro atoms. The number of hydrogen-bond donors (Lipinski definition) is 0. The number of benzene rings is 2. The van der Waals surface area contributed by atoms with Crippen LogP contribution >= 0.6 is 0 Å². The molecule has 0 atom stereocenters. The maximum Gasteiger partial charge on any atom is 0.330 e. The van der Waals surface area contributed by atoms with Gasteiger partial charge in [-0.2, -0.15) is 0 Å². The van der Waals surface area contributed by atoms with Crippen LogP contribution in [0.4, 0.5) is 14.5 Å². The summed E-state index contributed by atoms with van der Waals surface area (Å²) in [4.78, 5) is 26.0. The van der Waals surface area contributed by atoms with Gasteiger partial charge < -0.3 is 9.64 Å². The largest absolute Gasteiger partial charge is 0.466 e. The minimum atomic E-state index is -3.27. The van der Waals surface area contributed by atoms with E-state index < -0.39 is 23.9 Å². The summed E-state index contributed by atoms with van der Waals surface area (Å²) in [5.74, 6) is -4.50. The zero-order chi connectivity index (χ0) is 19.6. The molecule has 1 aliphatic rings. The number of methoxy groups -OCH3 is 1. The molecule has 0 N–H and O–H groups in total. The van der Waals surface area contributed by atoms with Crippen LogP contribution in [-0.4, -0.2) is 31.5 Å². The highest BCUT2D eigenvalue weighted by Gasteiger charge is 2.41. The summed E-state index contributed by atoms with van der Waals surface area (Å²) in [7, 11) is 1.13. The molecule has 1 amide bonds. The predicted molar refractivity (Wildman–Crippen MR) is 98.9 cm³/mol. The Bertz CT molecular complexity index is 904. The molecule has 1 heterocycles. The minimum Gasteiger partial charge on any atom is -0.466 e. The lowest BCUT2D eigenvalue weighted by Gasteiger charge is -2.22. The lowest BCUT2D eigenvalue weighted by Crippen LogP contribution is -2.33. The molecule has 140 valence electrons. The molecule has 6 heteroatoms. The molecule has 27 heavy (non-hydrogen) atoms. The van der Waals surface area contributed by atoms with Gasteiger partial charge in [-0.15, -0.1) is 0 Å². The van der Waals surface area contributed by atoms with Crippen molar-refractivity contribution in [1.82, 2.24) is 0 Å². The number of aryl methyl sites for hydroxylation is 1. The molecule has 0 fully saturated rings. The van der Waals surface area contributed by atoms with Gasteiger partial charge in [0.25, 0.3) is 11.8 Å². The molecule has 0 unspecified atom stereocenters. The van der Waals surface area contributed by atoms with E-state index in [1.165, 1.54) is 11.0 Å². The zero-order valence-corrected chi connectivity index (χ0v) is 15.0. The number of amides is 1. The van der Waals surface area contributed by atoms with Gasteiger partial charge in [-0.25, -0.2) is 13.6 Å². The van der Waals surface area contributed by atoms with Gasteiger partial charge in [0.2, 0.25) is 0 Å². The van der Waals surface area contributed by atoms with Crippen LogP contribution in [0.5, 0.6) is 0 Å². The minimum absolute atomic E-state index is 0.144. The first-order valence-corrected chi connectivity index (χ1v) is 8.49. The second-order valence-corrected chi connectivity index (χ2v) is 6.38. The van der Waals surface area contributed by atoms with Crippen LogP contribution in [0.25, 0.3) is 5.57 Å². The van der Waals surface area contributed by atoms with E-state index in [0.717, 1.165) is 18.7 Å². The van der Waals surface area contributed by atoms with Crippen LogP contribution < -0.4 is 4.90 Å². The number of para-hydroxylation sites is 1. The first-order valence-electron chi connectivity index (χ1n) is 8.49. The van der Waals surface area contributed by atoms with E-state index in [-0.39, 0.29) is 18.0 Å². The summed E-state index contributed by atoms with van der Waals surface area (Å²) < 4.78 is 34.1. The molecule has 0 aliphatic carbocycles. The Hall–Kier alpha value is -3.02. The molecule has 1 aliphatic heterocycles. The zero-order valence-electron chi connectivity index (χ0n) is 15.0. The number of rotatable bonds is 2. The van der Waals surface area contributed by atoms with Crippen molar-refractivity contribution in [3.05, 3.63) is 71.3 Å². The summed E-state index contributed by atoms with van der Waals surface area (Å²) in [6.07, 6.45) is 0.209. The van der Waals surface area contributed by atoms with Crippen LogP contribution in [0.2, 0.25) is 0 Å². The van der Waals surface area contributed by atoms with Crippen molar-refractivity contribution >= 4 is 23.1 Å². The number of allylic oxidation sites excluding steroid dienone is 1. The Morgan fingerprint density at radius 1 is 1.11 bits per heavy atom. The van der Waals surface area contributed by atoms with E-state index in [1.807, 2.05) is 6.92 Å². The Morgan fingerprint density at radius 2 is 1.78 bits per heavy atom. The number of nitrogens with zero attached hydrogens (tertiary/aromatic N) is 1. The van der Waals surface area contributed by atoms with Gasteiger partial charge >= 0.3 is 5.97 Å². The van der Waals surface area contributed by atoms with Crippen LogP contribution in [0.3, 0.4) is 0 Å². The molecule has 0 saturated carbocycles. The van der Waals surface area contributed by atoms with Gasteiger partial charge in [-0.05, 0) is 25.1 Å². The molecule has 0 radical (unpaired) electrons. The van der Waals surface area contributed by atoms with Gasteiger partial charge in [0.1, 0.15) is 0 Å². The van der Waals surface area contributed by atoms with Crippen LogP contribution in [-0.2, 0) is 9.53 Å². The standard InChI is InChI=1S/C21H19F2NO3/c1-14-7-9-15(10-8-14)20(26)24-12-11-21(22,23)17(13-19(25)27-2)16-5-3-4-6-18(16)24/h3-10,13H,11-12H2,1-2H3/b17-13-. The normalized spacial score (nSPS) is 17.2. The van der Waals surface area contributed by atoms with E-state index in [1.54, 1.807) is 42.5 Å². The molecule has 0 saturated heterocycles. The molecule has 2 aromatic rings. The Balaban J connectivity index is 2.11. The van der Waals surface area contributed by atoms with Crippen molar-refractivity contribution in [2.45, 2.75) is 19.3 Å². The fourth-order valence-corrected chi connectivity index (χ4v) is 3.06. The lowest BCUT2D eigenvalue weighted by atomic mass is 9.97. The third kappa shape index (κ3) is 3.74. The van der Waals surface area contributed by atoms with E-state index in [0.29, 0.717) is 11.3 Å². The first-order chi connectivity index (χ1) is 12.8. The van der Waals surface area contributed by atoms with Crippen molar-refractivity contribution in [1.29, 1.82) is 0 Å². The van der Waals surface area contributed by atoms with Crippen molar-refractivity contribution in [3.8, 4) is 0 Å². The monoisotopic (exact) mass is 371 g/mol. The number of esters is 1. The number of fused-ring (bicyclic) bond motifs is 1. The molecule has 3 rings (SSSR count). The number of anilines is 1. The van der Waals surface area contributed by atoms with E-state index >= 15 is 0 Å². The van der Waals surface area contributed by atoms with E-state index in [9.17, 15) is 18.4 Å². The van der Waals surface area contributed by atoms with Gasteiger partial charge in [-0.3, -0.25) is 4.79 Å². The topological polar surface area (TPSA) is 46.6 Å².